The fraction of sp³-hybridized carbons (Fsp3) is 0.261. The van der Waals surface area contributed by atoms with Crippen molar-refractivity contribution in [3.8, 4) is 0 Å². The highest BCUT2D eigenvalue weighted by Gasteiger charge is 2.17. The first-order valence-corrected chi connectivity index (χ1v) is 11.3. The number of hydrogen-bond donors (Lipinski definition) is 2. The molecule has 0 aliphatic rings. The lowest BCUT2D eigenvalue weighted by molar-refractivity contribution is 0.102. The number of hydrogen-bond acceptors (Lipinski definition) is 5. The number of sulfonamides is 1. The van der Waals surface area contributed by atoms with Crippen molar-refractivity contribution in [2.45, 2.75) is 44.9 Å². The highest BCUT2D eigenvalue weighted by molar-refractivity contribution is 7.92. The Hall–Kier alpha value is -3.26. The van der Waals surface area contributed by atoms with E-state index in [2.05, 4.69) is 40.8 Å². The van der Waals surface area contributed by atoms with Crippen LogP contribution in [0.3, 0.4) is 0 Å². The number of carbonyl (C=O) groups excluding carboxylic acids is 1. The number of anilines is 2. The quantitative estimate of drug-likeness (QED) is 0.613. The maximum Gasteiger partial charge on any atom is 0.264 e. The van der Waals surface area contributed by atoms with Gasteiger partial charge >= 0.3 is 0 Å². The Balaban J connectivity index is 1.71. The van der Waals surface area contributed by atoms with E-state index in [1.807, 2.05) is 12.1 Å². The molecule has 2 N–H and O–H groups in total. The van der Waals surface area contributed by atoms with Crippen molar-refractivity contribution in [3.63, 3.8) is 0 Å². The Kier molecular flexibility index (Phi) is 6.13. The van der Waals surface area contributed by atoms with Crippen LogP contribution in [0.2, 0.25) is 0 Å². The predicted molar refractivity (Wildman–Crippen MR) is 122 cm³/mol. The molecule has 0 aliphatic heterocycles. The summed E-state index contributed by atoms with van der Waals surface area (Å²) < 4.78 is 27.6. The molecule has 3 aromatic rings. The summed E-state index contributed by atoms with van der Waals surface area (Å²) in [6.45, 7) is 9.86. The zero-order chi connectivity index (χ0) is 22.8. The van der Waals surface area contributed by atoms with Gasteiger partial charge in [0.1, 0.15) is 0 Å². The number of aromatic nitrogens is 2. The van der Waals surface area contributed by atoms with Crippen molar-refractivity contribution in [1.82, 2.24) is 9.97 Å². The molecule has 1 aromatic heterocycles. The molecule has 0 aliphatic carbocycles. The molecule has 0 bridgehead atoms. The lowest BCUT2D eigenvalue weighted by atomic mass is 9.87. The first-order valence-electron chi connectivity index (χ1n) is 9.81. The summed E-state index contributed by atoms with van der Waals surface area (Å²) in [6, 6.07) is 15.1. The van der Waals surface area contributed by atoms with E-state index in [9.17, 15) is 13.2 Å². The summed E-state index contributed by atoms with van der Waals surface area (Å²) in [5.74, 6) is -0.244. The van der Waals surface area contributed by atoms with E-state index in [-0.39, 0.29) is 22.2 Å². The van der Waals surface area contributed by atoms with Crippen LogP contribution in [0.25, 0.3) is 0 Å². The van der Waals surface area contributed by atoms with Gasteiger partial charge in [0.05, 0.1) is 4.90 Å². The fourth-order valence-electron chi connectivity index (χ4n) is 2.99. The van der Waals surface area contributed by atoms with Crippen LogP contribution in [0.15, 0.2) is 59.5 Å². The minimum Gasteiger partial charge on any atom is -0.322 e. The third-order valence-electron chi connectivity index (χ3n) is 4.64. The molecule has 0 unspecified atom stereocenters. The van der Waals surface area contributed by atoms with Crippen molar-refractivity contribution >= 4 is 27.6 Å². The second-order valence-corrected chi connectivity index (χ2v) is 10.1. The Morgan fingerprint density at radius 3 is 1.94 bits per heavy atom. The highest BCUT2D eigenvalue weighted by atomic mass is 32.2. The van der Waals surface area contributed by atoms with Gasteiger partial charge in [-0.05, 0) is 67.3 Å². The summed E-state index contributed by atoms with van der Waals surface area (Å²) in [6.07, 6.45) is 0. The topological polar surface area (TPSA) is 101 Å². The van der Waals surface area contributed by atoms with Gasteiger partial charge in [0.25, 0.3) is 15.9 Å². The van der Waals surface area contributed by atoms with Gasteiger partial charge in [0.2, 0.25) is 5.95 Å². The van der Waals surface area contributed by atoms with Crippen LogP contribution in [-0.2, 0) is 15.4 Å². The molecule has 7 nitrogen and oxygen atoms in total. The zero-order valence-electron chi connectivity index (χ0n) is 18.2. The first kappa shape index (κ1) is 22.4. The van der Waals surface area contributed by atoms with Gasteiger partial charge in [-0.15, -0.1) is 0 Å². The standard InChI is InChI=1S/C23H26N4O3S/c1-15-14-16(2)25-22(24-15)27-31(29,30)20-12-10-19(11-13-20)26-21(28)17-6-8-18(9-7-17)23(3,4)5/h6-14H,1-5H3,(H,26,28)(H,24,25,27). The summed E-state index contributed by atoms with van der Waals surface area (Å²) in [5.41, 5.74) is 3.49. The van der Waals surface area contributed by atoms with Gasteiger partial charge in [0, 0.05) is 22.6 Å². The van der Waals surface area contributed by atoms with Gasteiger partial charge in [-0.1, -0.05) is 32.9 Å². The molecule has 0 spiro atoms. The molecule has 2 aromatic carbocycles. The van der Waals surface area contributed by atoms with E-state index in [0.717, 1.165) is 5.56 Å². The van der Waals surface area contributed by atoms with Crippen LogP contribution < -0.4 is 10.0 Å². The Bertz CT molecular complexity index is 1180. The van der Waals surface area contributed by atoms with Crippen LogP contribution in [0.5, 0.6) is 0 Å². The molecule has 162 valence electrons. The Labute approximate surface area is 183 Å². The van der Waals surface area contributed by atoms with Crippen molar-refractivity contribution in [3.05, 3.63) is 77.1 Å². The number of nitrogens with zero attached hydrogens (tertiary/aromatic N) is 2. The second kappa shape index (κ2) is 8.47. The van der Waals surface area contributed by atoms with Gasteiger partial charge in [-0.25, -0.2) is 23.1 Å². The largest absolute Gasteiger partial charge is 0.322 e. The van der Waals surface area contributed by atoms with E-state index in [1.165, 1.54) is 12.1 Å². The van der Waals surface area contributed by atoms with E-state index < -0.39 is 10.0 Å². The van der Waals surface area contributed by atoms with E-state index in [4.69, 9.17) is 0 Å². The van der Waals surface area contributed by atoms with E-state index in [0.29, 0.717) is 22.6 Å². The van der Waals surface area contributed by atoms with Crippen molar-refractivity contribution < 1.29 is 13.2 Å². The molecule has 0 atom stereocenters. The fourth-order valence-corrected chi connectivity index (χ4v) is 3.94. The van der Waals surface area contributed by atoms with Crippen LogP contribution in [0.4, 0.5) is 11.6 Å². The molecule has 8 heteroatoms. The number of nitrogens with one attached hydrogen (secondary N) is 2. The summed E-state index contributed by atoms with van der Waals surface area (Å²) in [4.78, 5) is 20.7. The molecule has 1 heterocycles. The summed E-state index contributed by atoms with van der Waals surface area (Å²) in [5, 5.41) is 2.78. The van der Waals surface area contributed by atoms with E-state index in [1.54, 1.807) is 44.2 Å². The van der Waals surface area contributed by atoms with Gasteiger partial charge < -0.3 is 5.32 Å². The third kappa shape index (κ3) is 5.67. The minimum atomic E-state index is -3.85. The smallest absolute Gasteiger partial charge is 0.264 e. The first-order chi connectivity index (χ1) is 14.4. The molecule has 1 amide bonds. The third-order valence-corrected chi connectivity index (χ3v) is 5.99. The van der Waals surface area contributed by atoms with Crippen LogP contribution >= 0.6 is 0 Å². The van der Waals surface area contributed by atoms with Gasteiger partial charge in [-0.2, -0.15) is 0 Å². The van der Waals surface area contributed by atoms with E-state index >= 15 is 0 Å². The normalized spacial score (nSPS) is 11.8. The number of benzene rings is 2. The Morgan fingerprint density at radius 1 is 0.871 bits per heavy atom. The summed E-state index contributed by atoms with van der Waals surface area (Å²) in [7, 11) is -3.85. The highest BCUT2D eigenvalue weighted by Crippen LogP contribution is 2.23. The number of aryl methyl sites for hydroxylation is 2. The lowest BCUT2D eigenvalue weighted by Crippen LogP contribution is -2.16. The summed E-state index contributed by atoms with van der Waals surface area (Å²) >= 11 is 0. The monoisotopic (exact) mass is 438 g/mol. The van der Waals surface area contributed by atoms with Crippen molar-refractivity contribution in [1.29, 1.82) is 0 Å². The van der Waals surface area contributed by atoms with Gasteiger partial charge in [-0.3, -0.25) is 4.79 Å². The molecule has 0 saturated heterocycles. The molecular formula is C23H26N4O3S. The molecule has 0 radical (unpaired) electrons. The molecule has 31 heavy (non-hydrogen) atoms. The predicted octanol–water partition coefficient (Wildman–Crippen LogP) is 4.44. The molecule has 0 saturated carbocycles. The maximum atomic E-state index is 12.6. The van der Waals surface area contributed by atoms with Crippen LogP contribution in [0, 0.1) is 13.8 Å². The number of amides is 1. The Morgan fingerprint density at radius 2 is 1.42 bits per heavy atom. The number of rotatable bonds is 5. The number of carbonyl (C=O) groups is 1. The lowest BCUT2D eigenvalue weighted by Gasteiger charge is -2.19. The molecular weight excluding hydrogens is 412 g/mol. The minimum absolute atomic E-state index is 0.00650. The average Bonchev–Trinajstić information content (AvgIpc) is 2.66. The molecule has 0 fully saturated rings. The van der Waals surface area contributed by atoms with Crippen molar-refractivity contribution in [2.24, 2.45) is 0 Å². The average molecular weight is 439 g/mol. The van der Waals surface area contributed by atoms with Gasteiger partial charge in [0.15, 0.2) is 0 Å². The zero-order valence-corrected chi connectivity index (χ0v) is 19.0. The maximum absolute atomic E-state index is 12.6. The van der Waals surface area contributed by atoms with Crippen LogP contribution in [0.1, 0.15) is 48.1 Å². The SMILES string of the molecule is Cc1cc(C)nc(NS(=O)(=O)c2ccc(NC(=O)c3ccc(C(C)(C)C)cc3)cc2)n1. The van der Waals surface area contributed by atoms with Crippen molar-refractivity contribution in [2.75, 3.05) is 10.0 Å². The molecule has 3 rings (SSSR count). The second-order valence-electron chi connectivity index (χ2n) is 8.39. The van der Waals surface area contributed by atoms with Crippen LogP contribution in [-0.4, -0.2) is 24.3 Å².